The number of ether oxygens (including phenoxy) is 1. The summed E-state index contributed by atoms with van der Waals surface area (Å²) >= 11 is 3.34. The second kappa shape index (κ2) is 5.74. The number of ketones is 1. The van der Waals surface area contributed by atoms with Gasteiger partial charge < -0.3 is 9.84 Å². The molecule has 0 radical (unpaired) electrons. The quantitative estimate of drug-likeness (QED) is 0.666. The van der Waals surface area contributed by atoms with Crippen molar-refractivity contribution in [2.24, 2.45) is 5.92 Å². The largest absolute Gasteiger partial charge is 0.491 e. The Kier molecular flexibility index (Phi) is 4.24. The number of aliphatic carboxylic acids is 1. The van der Waals surface area contributed by atoms with Gasteiger partial charge in [0.1, 0.15) is 5.75 Å². The summed E-state index contributed by atoms with van der Waals surface area (Å²) < 4.78 is 6.29. The maximum Gasteiger partial charge on any atom is 0.377 e. The molecule has 1 aromatic rings. The summed E-state index contributed by atoms with van der Waals surface area (Å²) in [7, 11) is 0. The van der Waals surface area contributed by atoms with E-state index in [0.717, 1.165) is 18.4 Å². The lowest BCUT2D eigenvalue weighted by atomic mass is 9.86. The van der Waals surface area contributed by atoms with Gasteiger partial charge in [0.15, 0.2) is 0 Å². The highest BCUT2D eigenvalue weighted by Gasteiger charge is 2.24. The van der Waals surface area contributed by atoms with Crippen molar-refractivity contribution in [2.75, 3.05) is 6.61 Å². The monoisotopic (exact) mass is 326 g/mol. The number of hydrogen-bond donors (Lipinski definition) is 1. The first-order chi connectivity index (χ1) is 8.99. The molecular weight excluding hydrogens is 312 g/mol. The molecule has 19 heavy (non-hydrogen) atoms. The molecule has 0 saturated heterocycles. The van der Waals surface area contributed by atoms with Crippen molar-refractivity contribution in [3.63, 3.8) is 0 Å². The van der Waals surface area contributed by atoms with Crippen molar-refractivity contribution >= 4 is 27.7 Å². The van der Waals surface area contributed by atoms with Crippen molar-refractivity contribution in [3.05, 3.63) is 27.7 Å². The molecule has 1 aliphatic rings. The van der Waals surface area contributed by atoms with Crippen LogP contribution in [0.15, 0.2) is 16.6 Å². The molecule has 1 aromatic carbocycles. The van der Waals surface area contributed by atoms with Crippen LogP contribution in [0.25, 0.3) is 0 Å². The summed E-state index contributed by atoms with van der Waals surface area (Å²) in [6.45, 7) is 2.33. The topological polar surface area (TPSA) is 63.6 Å². The maximum absolute atomic E-state index is 11.7. The predicted molar refractivity (Wildman–Crippen MR) is 73.7 cm³/mol. The molecular formula is C14H15BrO4. The van der Waals surface area contributed by atoms with Crippen LogP contribution < -0.4 is 4.74 Å². The van der Waals surface area contributed by atoms with Gasteiger partial charge in [-0.15, -0.1) is 0 Å². The molecule has 0 aromatic heterocycles. The number of carboxylic acid groups (broad SMARTS) is 1. The van der Waals surface area contributed by atoms with Crippen LogP contribution in [0.3, 0.4) is 0 Å². The number of Topliss-reactive ketones (excluding diaryl/α,β-unsaturated/α-hetero) is 1. The summed E-state index contributed by atoms with van der Waals surface area (Å²) in [6.07, 6.45) is 3.47. The van der Waals surface area contributed by atoms with Crippen molar-refractivity contribution in [1.29, 1.82) is 0 Å². The Balaban J connectivity index is 2.27. The zero-order chi connectivity index (χ0) is 14.0. The van der Waals surface area contributed by atoms with E-state index < -0.39 is 11.8 Å². The highest BCUT2D eigenvalue weighted by Crippen LogP contribution is 2.33. The van der Waals surface area contributed by atoms with E-state index in [9.17, 15) is 9.59 Å². The molecule has 0 atom stereocenters. The zero-order valence-corrected chi connectivity index (χ0v) is 12.2. The molecule has 1 N–H and O–H groups in total. The van der Waals surface area contributed by atoms with Crippen molar-refractivity contribution in [1.82, 2.24) is 0 Å². The smallest absolute Gasteiger partial charge is 0.377 e. The van der Waals surface area contributed by atoms with E-state index in [2.05, 4.69) is 15.9 Å². The molecule has 102 valence electrons. The SMILES string of the molecule is Cc1cc(Br)c(OCC2CCC2)c(C(=O)C(=O)O)c1. The van der Waals surface area contributed by atoms with Gasteiger partial charge in [-0.1, -0.05) is 6.42 Å². The van der Waals surface area contributed by atoms with Gasteiger partial charge in [0.25, 0.3) is 5.78 Å². The second-order valence-corrected chi connectivity index (χ2v) is 5.72. The van der Waals surface area contributed by atoms with Crippen LogP contribution in [0.5, 0.6) is 5.75 Å². The maximum atomic E-state index is 11.7. The Morgan fingerprint density at radius 3 is 2.63 bits per heavy atom. The Labute approximate surface area is 119 Å². The number of carbonyl (C=O) groups excluding carboxylic acids is 1. The van der Waals surface area contributed by atoms with E-state index in [0.29, 0.717) is 22.7 Å². The van der Waals surface area contributed by atoms with E-state index in [1.54, 1.807) is 13.0 Å². The Bertz CT molecular complexity index is 520. The molecule has 0 spiro atoms. The van der Waals surface area contributed by atoms with Crippen LogP contribution in [0.4, 0.5) is 0 Å². The Morgan fingerprint density at radius 1 is 1.42 bits per heavy atom. The van der Waals surface area contributed by atoms with Gasteiger partial charge in [-0.05, 0) is 59.3 Å². The third-order valence-corrected chi connectivity index (χ3v) is 3.90. The summed E-state index contributed by atoms with van der Waals surface area (Å²) in [5.74, 6) is -1.55. The molecule has 2 rings (SSSR count). The minimum absolute atomic E-state index is 0.110. The van der Waals surface area contributed by atoms with Crippen molar-refractivity contribution in [3.8, 4) is 5.75 Å². The third-order valence-electron chi connectivity index (χ3n) is 3.31. The van der Waals surface area contributed by atoms with Gasteiger partial charge in [0.2, 0.25) is 0 Å². The molecule has 0 bridgehead atoms. The van der Waals surface area contributed by atoms with E-state index in [4.69, 9.17) is 9.84 Å². The molecule has 5 heteroatoms. The lowest BCUT2D eigenvalue weighted by Gasteiger charge is -2.26. The molecule has 0 unspecified atom stereocenters. The highest BCUT2D eigenvalue weighted by molar-refractivity contribution is 9.10. The van der Waals surface area contributed by atoms with Gasteiger partial charge in [0, 0.05) is 0 Å². The van der Waals surface area contributed by atoms with Crippen LogP contribution in [0.1, 0.15) is 35.2 Å². The highest BCUT2D eigenvalue weighted by atomic mass is 79.9. The van der Waals surface area contributed by atoms with Crippen LogP contribution >= 0.6 is 15.9 Å². The number of carbonyl (C=O) groups is 2. The number of rotatable bonds is 5. The zero-order valence-electron chi connectivity index (χ0n) is 10.6. The van der Waals surface area contributed by atoms with Crippen LogP contribution in [0, 0.1) is 12.8 Å². The van der Waals surface area contributed by atoms with Crippen LogP contribution in [-0.4, -0.2) is 23.5 Å². The minimum Gasteiger partial charge on any atom is -0.491 e. The van der Waals surface area contributed by atoms with E-state index >= 15 is 0 Å². The number of halogens is 1. The molecule has 0 heterocycles. The number of hydrogen-bond acceptors (Lipinski definition) is 3. The van der Waals surface area contributed by atoms with Gasteiger partial charge >= 0.3 is 5.97 Å². The average molecular weight is 327 g/mol. The molecule has 1 fully saturated rings. The number of aryl methyl sites for hydroxylation is 1. The van der Waals surface area contributed by atoms with Gasteiger partial charge in [0.05, 0.1) is 16.6 Å². The van der Waals surface area contributed by atoms with Gasteiger partial charge in [-0.25, -0.2) is 4.79 Å². The van der Waals surface area contributed by atoms with Crippen molar-refractivity contribution < 1.29 is 19.4 Å². The lowest BCUT2D eigenvalue weighted by molar-refractivity contribution is -0.131. The predicted octanol–water partition coefficient (Wildman–Crippen LogP) is 3.20. The molecule has 4 nitrogen and oxygen atoms in total. The number of carboxylic acids is 1. The normalized spacial score (nSPS) is 14.8. The summed E-state index contributed by atoms with van der Waals surface area (Å²) in [5, 5.41) is 8.86. The molecule has 0 amide bonds. The number of benzene rings is 1. The Morgan fingerprint density at radius 2 is 2.11 bits per heavy atom. The fraction of sp³-hybridized carbons (Fsp3) is 0.429. The standard InChI is InChI=1S/C14H15BrO4/c1-8-5-10(12(16)14(17)18)13(11(15)6-8)19-7-9-3-2-4-9/h5-6,9H,2-4,7H2,1H3,(H,17,18). The Hall–Kier alpha value is -1.36. The van der Waals surface area contributed by atoms with Gasteiger partial charge in [-0.2, -0.15) is 0 Å². The van der Waals surface area contributed by atoms with E-state index in [1.165, 1.54) is 6.42 Å². The summed E-state index contributed by atoms with van der Waals surface area (Å²) in [4.78, 5) is 22.6. The van der Waals surface area contributed by atoms with E-state index in [1.807, 2.05) is 6.07 Å². The molecule has 0 aliphatic heterocycles. The lowest BCUT2D eigenvalue weighted by Crippen LogP contribution is -2.21. The van der Waals surface area contributed by atoms with Crippen LogP contribution in [-0.2, 0) is 4.79 Å². The fourth-order valence-electron chi connectivity index (χ4n) is 2.02. The minimum atomic E-state index is -1.47. The van der Waals surface area contributed by atoms with Crippen LogP contribution in [0.2, 0.25) is 0 Å². The summed E-state index contributed by atoms with van der Waals surface area (Å²) in [6, 6.07) is 3.37. The third kappa shape index (κ3) is 3.15. The average Bonchev–Trinajstić information content (AvgIpc) is 2.27. The van der Waals surface area contributed by atoms with E-state index in [-0.39, 0.29) is 5.56 Å². The first-order valence-electron chi connectivity index (χ1n) is 6.19. The summed E-state index contributed by atoms with van der Waals surface area (Å²) in [5.41, 5.74) is 0.922. The first kappa shape index (κ1) is 14.1. The fourth-order valence-corrected chi connectivity index (χ4v) is 2.71. The first-order valence-corrected chi connectivity index (χ1v) is 6.99. The second-order valence-electron chi connectivity index (χ2n) is 4.87. The van der Waals surface area contributed by atoms with Gasteiger partial charge in [-0.3, -0.25) is 4.79 Å². The van der Waals surface area contributed by atoms with Crippen molar-refractivity contribution in [2.45, 2.75) is 26.2 Å². The molecule has 1 aliphatic carbocycles. The molecule has 1 saturated carbocycles.